The molecule has 2 nitrogen and oxygen atoms in total. The van der Waals surface area contributed by atoms with Crippen LogP contribution in [0.3, 0.4) is 0 Å². The van der Waals surface area contributed by atoms with Crippen molar-refractivity contribution in [1.82, 2.24) is 0 Å². The first-order chi connectivity index (χ1) is 24.8. The molecule has 0 spiro atoms. The van der Waals surface area contributed by atoms with Crippen molar-refractivity contribution in [2.75, 3.05) is 4.90 Å². The van der Waals surface area contributed by atoms with Gasteiger partial charge in [0.1, 0.15) is 11.2 Å². The van der Waals surface area contributed by atoms with Crippen LogP contribution in [0.25, 0.3) is 65.4 Å². The van der Waals surface area contributed by atoms with Gasteiger partial charge in [0.2, 0.25) is 0 Å². The number of nitrogens with zero attached hydrogens (tertiary/aromatic N) is 1. The zero-order valence-corrected chi connectivity index (χ0v) is 27.5. The minimum atomic E-state index is 0.328. The van der Waals surface area contributed by atoms with Gasteiger partial charge in [0.15, 0.2) is 0 Å². The quantitative estimate of drug-likeness (QED) is 0.186. The molecule has 2 heteroatoms. The van der Waals surface area contributed by atoms with Crippen LogP contribution in [0.2, 0.25) is 0 Å². The molecule has 0 aliphatic heterocycles. The number of hydrogen-bond acceptors (Lipinski definition) is 2. The van der Waals surface area contributed by atoms with Gasteiger partial charge in [-0.15, -0.1) is 0 Å². The van der Waals surface area contributed by atoms with E-state index < -0.39 is 0 Å². The van der Waals surface area contributed by atoms with Crippen molar-refractivity contribution >= 4 is 71.3 Å². The van der Waals surface area contributed by atoms with Gasteiger partial charge in [-0.2, -0.15) is 0 Å². The van der Waals surface area contributed by atoms with Crippen LogP contribution < -0.4 is 4.90 Å². The molecule has 0 saturated heterocycles. The number of fused-ring (bicyclic) bond motifs is 7. The molecule has 0 amide bonds. The number of anilines is 3. The number of furan rings is 1. The van der Waals surface area contributed by atoms with Gasteiger partial charge in [-0.1, -0.05) is 158 Å². The van der Waals surface area contributed by atoms with Crippen molar-refractivity contribution < 1.29 is 4.42 Å². The van der Waals surface area contributed by atoms with Gasteiger partial charge >= 0.3 is 0 Å². The predicted molar refractivity (Wildman–Crippen MR) is 212 cm³/mol. The predicted octanol–water partition coefficient (Wildman–Crippen LogP) is 13.8. The van der Waals surface area contributed by atoms with Crippen LogP contribution in [-0.4, -0.2) is 0 Å². The van der Waals surface area contributed by atoms with Gasteiger partial charge in [-0.3, -0.25) is 0 Å². The van der Waals surface area contributed by atoms with Crippen LogP contribution >= 0.6 is 0 Å². The molecule has 1 aliphatic rings. The summed E-state index contributed by atoms with van der Waals surface area (Å²) in [4.78, 5) is 2.47. The van der Waals surface area contributed by atoms with Crippen molar-refractivity contribution in [3.63, 3.8) is 0 Å². The minimum absolute atomic E-state index is 0.328. The largest absolute Gasteiger partial charge is 0.455 e. The van der Waals surface area contributed by atoms with Crippen molar-refractivity contribution in [3.8, 4) is 11.1 Å². The molecule has 1 heterocycles. The number of rotatable bonds is 5. The minimum Gasteiger partial charge on any atom is -0.455 e. The van der Waals surface area contributed by atoms with Crippen LogP contribution in [0, 0.1) is 0 Å². The maximum atomic E-state index is 6.86. The van der Waals surface area contributed by atoms with Gasteiger partial charge in [0.05, 0.1) is 17.1 Å². The van der Waals surface area contributed by atoms with Crippen molar-refractivity contribution in [1.29, 1.82) is 0 Å². The third-order valence-electron chi connectivity index (χ3n) is 10.4. The van der Waals surface area contributed by atoms with Crippen LogP contribution in [0.1, 0.15) is 17.9 Å². The van der Waals surface area contributed by atoms with E-state index >= 15 is 0 Å². The first kappa shape index (κ1) is 28.6. The fourth-order valence-electron chi connectivity index (χ4n) is 8.11. The molecule has 0 radical (unpaired) electrons. The average Bonchev–Trinajstić information content (AvgIpc) is 3.58. The van der Waals surface area contributed by atoms with Crippen LogP contribution in [0.4, 0.5) is 17.1 Å². The Labute approximate surface area is 290 Å². The molecule has 1 unspecified atom stereocenters. The van der Waals surface area contributed by atoms with E-state index in [0.717, 1.165) is 56.2 Å². The Morgan fingerprint density at radius 1 is 0.480 bits per heavy atom. The second kappa shape index (κ2) is 11.6. The second-order valence-electron chi connectivity index (χ2n) is 13.2. The molecular weight excluding hydrogens is 607 g/mol. The maximum Gasteiger partial charge on any atom is 0.143 e. The summed E-state index contributed by atoms with van der Waals surface area (Å²) in [6, 6.07) is 57.1. The van der Waals surface area contributed by atoms with E-state index in [-0.39, 0.29) is 0 Å². The monoisotopic (exact) mass is 639 g/mol. The van der Waals surface area contributed by atoms with Crippen LogP contribution in [0.5, 0.6) is 0 Å². The zero-order chi connectivity index (χ0) is 33.0. The second-order valence-corrected chi connectivity index (χ2v) is 13.2. The lowest BCUT2D eigenvalue weighted by Gasteiger charge is -2.29. The summed E-state index contributed by atoms with van der Waals surface area (Å²) in [5.41, 5.74) is 8.99. The molecule has 0 bridgehead atoms. The molecule has 0 fully saturated rings. The smallest absolute Gasteiger partial charge is 0.143 e. The highest BCUT2D eigenvalue weighted by Gasteiger charge is 2.24. The van der Waals surface area contributed by atoms with Gasteiger partial charge in [-0.25, -0.2) is 0 Å². The Kier molecular flexibility index (Phi) is 6.67. The summed E-state index contributed by atoms with van der Waals surface area (Å²) in [6.07, 6.45) is 9.91. The molecule has 1 atom stereocenters. The third kappa shape index (κ3) is 4.49. The summed E-state index contributed by atoms with van der Waals surface area (Å²) in [5.74, 6) is 0.328. The van der Waals surface area contributed by atoms with E-state index in [9.17, 15) is 0 Å². The fraction of sp³-hybridized carbons (Fsp3) is 0.0417. The Hall–Kier alpha value is -6.38. The third-order valence-corrected chi connectivity index (χ3v) is 10.4. The Bertz CT molecular complexity index is 2730. The fourth-order valence-corrected chi connectivity index (χ4v) is 8.11. The number of allylic oxidation sites excluding steroid dienone is 4. The van der Waals surface area contributed by atoms with Crippen LogP contribution in [-0.2, 0) is 0 Å². The highest BCUT2D eigenvalue weighted by atomic mass is 16.3. The van der Waals surface area contributed by atoms with Crippen LogP contribution in [0.15, 0.2) is 186 Å². The van der Waals surface area contributed by atoms with E-state index in [2.05, 4.69) is 187 Å². The first-order valence-corrected chi connectivity index (χ1v) is 17.4. The lowest BCUT2D eigenvalue weighted by molar-refractivity contribution is 0.673. The molecule has 8 aromatic carbocycles. The van der Waals surface area contributed by atoms with Gasteiger partial charge < -0.3 is 9.32 Å². The number of benzene rings is 8. The van der Waals surface area contributed by atoms with Crippen molar-refractivity contribution in [2.45, 2.75) is 12.3 Å². The van der Waals surface area contributed by atoms with Gasteiger partial charge in [0.25, 0.3) is 0 Å². The highest BCUT2D eigenvalue weighted by molar-refractivity contribution is 6.23. The molecule has 0 N–H and O–H groups in total. The van der Waals surface area contributed by atoms with E-state index in [1.165, 1.54) is 38.2 Å². The topological polar surface area (TPSA) is 16.4 Å². The molecule has 0 saturated carbocycles. The lowest BCUT2D eigenvalue weighted by atomic mass is 9.85. The normalized spacial score (nSPS) is 14.4. The summed E-state index contributed by atoms with van der Waals surface area (Å²) in [5, 5.41) is 9.32. The average molecular weight is 640 g/mol. The Morgan fingerprint density at radius 3 is 1.80 bits per heavy atom. The lowest BCUT2D eigenvalue weighted by Crippen LogP contribution is -2.11. The summed E-state index contributed by atoms with van der Waals surface area (Å²) < 4.78 is 6.86. The number of hydrogen-bond donors (Lipinski definition) is 0. The van der Waals surface area contributed by atoms with Crippen molar-refractivity contribution in [3.05, 3.63) is 188 Å². The van der Waals surface area contributed by atoms with Gasteiger partial charge in [-0.05, 0) is 58.1 Å². The standard InChI is InChI=1S/C48H33NO/c1-2-15-32(16-3-1)35-21-8-9-24-38(35)40-27-14-30-46-47(40)42-31-45(39-25-10-11-26-41(39)48(42)50-46)49(43-28-12-19-33-17-4-6-22-36(33)43)44-29-13-20-34-18-5-7-23-37(34)44/h1-15,17-32H,16H2. The molecule has 1 aliphatic carbocycles. The summed E-state index contributed by atoms with van der Waals surface area (Å²) in [7, 11) is 0. The molecule has 9 aromatic rings. The molecule has 1 aromatic heterocycles. The Balaban J connectivity index is 1.32. The van der Waals surface area contributed by atoms with E-state index in [1.807, 2.05) is 0 Å². The maximum absolute atomic E-state index is 6.86. The molecular formula is C48H33NO. The Morgan fingerprint density at radius 2 is 1.08 bits per heavy atom. The summed E-state index contributed by atoms with van der Waals surface area (Å²) >= 11 is 0. The van der Waals surface area contributed by atoms with Gasteiger partial charge in [0, 0.05) is 38.2 Å². The molecule has 10 rings (SSSR count). The van der Waals surface area contributed by atoms with Crippen molar-refractivity contribution in [2.24, 2.45) is 0 Å². The first-order valence-electron chi connectivity index (χ1n) is 17.4. The van der Waals surface area contributed by atoms with E-state index in [0.29, 0.717) is 5.92 Å². The molecule has 236 valence electrons. The SMILES string of the molecule is C1=CCC(c2ccccc2-c2cccc3oc4c5ccccc5c(N(c5cccc6ccccc56)c5cccc6ccccc56)cc4c23)C=C1. The summed E-state index contributed by atoms with van der Waals surface area (Å²) in [6.45, 7) is 0. The highest BCUT2D eigenvalue weighted by Crippen LogP contribution is 2.49. The molecule has 50 heavy (non-hydrogen) atoms. The van der Waals surface area contributed by atoms with E-state index in [4.69, 9.17) is 4.42 Å². The van der Waals surface area contributed by atoms with E-state index in [1.54, 1.807) is 0 Å². The zero-order valence-electron chi connectivity index (χ0n) is 27.5.